The molecule has 84 valence electrons. The number of esters is 1. The first-order chi connectivity index (χ1) is 6.63. The zero-order valence-corrected chi connectivity index (χ0v) is 9.16. The van der Waals surface area contributed by atoms with E-state index in [0.29, 0.717) is 11.3 Å². The van der Waals surface area contributed by atoms with Crippen molar-refractivity contribution < 1.29 is 14.6 Å². The molecule has 0 aromatic heterocycles. The van der Waals surface area contributed by atoms with E-state index < -0.39 is 6.10 Å². The molecule has 4 nitrogen and oxygen atoms in total. The number of halogens is 1. The molecule has 3 N–H and O–H groups in total. The van der Waals surface area contributed by atoms with E-state index in [1.165, 1.54) is 6.92 Å². The third-order valence-electron chi connectivity index (χ3n) is 1.73. The summed E-state index contributed by atoms with van der Waals surface area (Å²) in [4.78, 5) is 10.7. The lowest BCUT2D eigenvalue weighted by Crippen LogP contribution is -2.11. The van der Waals surface area contributed by atoms with Gasteiger partial charge < -0.3 is 15.6 Å². The minimum Gasteiger partial charge on any atom is -0.427 e. The summed E-state index contributed by atoms with van der Waals surface area (Å²) in [6, 6.07) is 6.67. The van der Waals surface area contributed by atoms with Crippen molar-refractivity contribution in [3.05, 3.63) is 29.8 Å². The number of aliphatic hydroxyl groups excluding tert-OH is 1. The van der Waals surface area contributed by atoms with Gasteiger partial charge in [-0.25, -0.2) is 0 Å². The molecule has 1 aromatic rings. The second kappa shape index (κ2) is 6.40. The molecule has 0 aliphatic rings. The molecule has 0 saturated heterocycles. The van der Waals surface area contributed by atoms with Crippen LogP contribution in [0.25, 0.3) is 0 Å². The van der Waals surface area contributed by atoms with Gasteiger partial charge in [-0.05, 0) is 17.7 Å². The number of hydrogen-bond donors (Lipinski definition) is 2. The van der Waals surface area contributed by atoms with E-state index in [2.05, 4.69) is 0 Å². The number of carbonyl (C=O) groups excluding carboxylic acids is 1. The predicted octanol–water partition coefficient (Wildman–Crippen LogP) is 1.03. The molecule has 1 aromatic carbocycles. The van der Waals surface area contributed by atoms with Crippen LogP contribution in [0.4, 0.5) is 0 Å². The Morgan fingerprint density at radius 2 is 2.27 bits per heavy atom. The Labute approximate surface area is 94.5 Å². The van der Waals surface area contributed by atoms with Crippen molar-refractivity contribution in [2.45, 2.75) is 13.0 Å². The minimum atomic E-state index is -0.717. The molecule has 0 amide bonds. The SMILES string of the molecule is CC(=O)Oc1cccc(C(O)CN)c1.Cl. The highest BCUT2D eigenvalue weighted by atomic mass is 35.5. The highest BCUT2D eigenvalue weighted by Crippen LogP contribution is 2.18. The predicted molar refractivity (Wildman–Crippen MR) is 59.0 cm³/mol. The summed E-state index contributed by atoms with van der Waals surface area (Å²) >= 11 is 0. The lowest BCUT2D eigenvalue weighted by molar-refractivity contribution is -0.131. The van der Waals surface area contributed by atoms with Crippen LogP contribution < -0.4 is 10.5 Å². The molecule has 5 heteroatoms. The van der Waals surface area contributed by atoms with Crippen LogP contribution in [0.3, 0.4) is 0 Å². The van der Waals surface area contributed by atoms with E-state index in [1.54, 1.807) is 24.3 Å². The minimum absolute atomic E-state index is 0. The van der Waals surface area contributed by atoms with Crippen LogP contribution in [0.15, 0.2) is 24.3 Å². The molecule has 15 heavy (non-hydrogen) atoms. The van der Waals surface area contributed by atoms with Crippen molar-refractivity contribution in [1.29, 1.82) is 0 Å². The Morgan fingerprint density at radius 1 is 1.60 bits per heavy atom. The average Bonchev–Trinajstić information content (AvgIpc) is 2.16. The summed E-state index contributed by atoms with van der Waals surface area (Å²) in [6.07, 6.45) is -0.717. The monoisotopic (exact) mass is 231 g/mol. The van der Waals surface area contributed by atoms with E-state index in [4.69, 9.17) is 10.5 Å². The van der Waals surface area contributed by atoms with Crippen molar-refractivity contribution in [1.82, 2.24) is 0 Å². The summed E-state index contributed by atoms with van der Waals surface area (Å²) < 4.78 is 4.86. The van der Waals surface area contributed by atoms with Crippen LogP contribution in [0.2, 0.25) is 0 Å². The van der Waals surface area contributed by atoms with Gasteiger partial charge in [0.05, 0.1) is 6.10 Å². The van der Waals surface area contributed by atoms with Crippen molar-refractivity contribution in [2.24, 2.45) is 5.73 Å². The largest absolute Gasteiger partial charge is 0.427 e. The molecular weight excluding hydrogens is 218 g/mol. The number of ether oxygens (including phenoxy) is 1. The molecule has 0 aliphatic heterocycles. The van der Waals surface area contributed by atoms with Gasteiger partial charge in [-0.3, -0.25) is 4.79 Å². The topological polar surface area (TPSA) is 72.5 Å². The smallest absolute Gasteiger partial charge is 0.308 e. The molecular formula is C10H14ClNO3. The standard InChI is InChI=1S/C10H13NO3.ClH/c1-7(12)14-9-4-2-3-8(5-9)10(13)6-11;/h2-5,10,13H,6,11H2,1H3;1H. The summed E-state index contributed by atoms with van der Waals surface area (Å²) in [6.45, 7) is 1.47. The van der Waals surface area contributed by atoms with Crippen LogP contribution in [0.1, 0.15) is 18.6 Å². The van der Waals surface area contributed by atoms with E-state index >= 15 is 0 Å². The third kappa shape index (κ3) is 4.29. The maximum atomic E-state index is 10.7. The third-order valence-corrected chi connectivity index (χ3v) is 1.73. The fourth-order valence-corrected chi connectivity index (χ4v) is 1.09. The van der Waals surface area contributed by atoms with Crippen molar-refractivity contribution >= 4 is 18.4 Å². The normalized spacial score (nSPS) is 11.4. The van der Waals surface area contributed by atoms with E-state index in [1.807, 2.05) is 0 Å². The van der Waals surface area contributed by atoms with Crippen LogP contribution in [0.5, 0.6) is 5.75 Å². The van der Waals surface area contributed by atoms with Gasteiger partial charge in [0.2, 0.25) is 0 Å². The fourth-order valence-electron chi connectivity index (χ4n) is 1.09. The Hall–Kier alpha value is -1.10. The molecule has 0 heterocycles. The van der Waals surface area contributed by atoms with E-state index in [9.17, 15) is 9.90 Å². The number of rotatable bonds is 3. The molecule has 1 atom stereocenters. The molecule has 0 spiro atoms. The Bertz CT molecular complexity index is 330. The maximum absolute atomic E-state index is 10.7. The van der Waals surface area contributed by atoms with Gasteiger partial charge in [0, 0.05) is 13.5 Å². The molecule has 0 bridgehead atoms. The van der Waals surface area contributed by atoms with Crippen LogP contribution in [-0.2, 0) is 4.79 Å². The molecule has 0 saturated carbocycles. The lowest BCUT2D eigenvalue weighted by Gasteiger charge is -2.09. The zero-order valence-electron chi connectivity index (χ0n) is 8.34. The first-order valence-electron chi connectivity index (χ1n) is 4.30. The van der Waals surface area contributed by atoms with Gasteiger partial charge in [-0.1, -0.05) is 12.1 Å². The molecule has 0 fully saturated rings. The maximum Gasteiger partial charge on any atom is 0.308 e. The van der Waals surface area contributed by atoms with Crippen molar-refractivity contribution in [3.8, 4) is 5.75 Å². The molecule has 1 rings (SSSR count). The van der Waals surface area contributed by atoms with Crippen LogP contribution in [-0.4, -0.2) is 17.6 Å². The second-order valence-electron chi connectivity index (χ2n) is 2.92. The van der Waals surface area contributed by atoms with Gasteiger partial charge in [-0.15, -0.1) is 12.4 Å². The van der Waals surface area contributed by atoms with Gasteiger partial charge in [0.15, 0.2) is 0 Å². The zero-order chi connectivity index (χ0) is 10.6. The van der Waals surface area contributed by atoms with Crippen molar-refractivity contribution in [2.75, 3.05) is 6.54 Å². The summed E-state index contributed by atoms with van der Waals surface area (Å²) in [5.41, 5.74) is 5.94. The van der Waals surface area contributed by atoms with Gasteiger partial charge in [-0.2, -0.15) is 0 Å². The van der Waals surface area contributed by atoms with E-state index in [-0.39, 0.29) is 24.9 Å². The van der Waals surface area contributed by atoms with Gasteiger partial charge >= 0.3 is 5.97 Å². The van der Waals surface area contributed by atoms with E-state index in [0.717, 1.165) is 0 Å². The number of carbonyl (C=O) groups is 1. The quantitative estimate of drug-likeness (QED) is 0.602. The summed E-state index contributed by atoms with van der Waals surface area (Å²) in [5.74, 6) is 0.0342. The first kappa shape index (κ1) is 13.9. The highest BCUT2D eigenvalue weighted by molar-refractivity contribution is 5.85. The fraction of sp³-hybridized carbons (Fsp3) is 0.300. The Kier molecular flexibility index (Phi) is 5.93. The van der Waals surface area contributed by atoms with Crippen LogP contribution >= 0.6 is 12.4 Å². The highest BCUT2D eigenvalue weighted by Gasteiger charge is 2.06. The average molecular weight is 232 g/mol. The molecule has 1 unspecified atom stereocenters. The first-order valence-corrected chi connectivity index (χ1v) is 4.30. The second-order valence-corrected chi connectivity index (χ2v) is 2.92. The Balaban J connectivity index is 0.00000196. The summed E-state index contributed by atoms with van der Waals surface area (Å²) in [5, 5.41) is 9.42. The van der Waals surface area contributed by atoms with Gasteiger partial charge in [0.1, 0.15) is 5.75 Å². The summed E-state index contributed by atoms with van der Waals surface area (Å²) in [7, 11) is 0. The number of nitrogens with two attached hydrogens (primary N) is 1. The number of aliphatic hydroxyl groups is 1. The van der Waals surface area contributed by atoms with Crippen LogP contribution in [0, 0.1) is 0 Å². The molecule has 0 radical (unpaired) electrons. The van der Waals surface area contributed by atoms with Gasteiger partial charge in [0.25, 0.3) is 0 Å². The number of hydrogen-bond acceptors (Lipinski definition) is 4. The Morgan fingerprint density at radius 3 is 2.80 bits per heavy atom. The number of benzene rings is 1. The lowest BCUT2D eigenvalue weighted by atomic mass is 10.1. The molecule has 0 aliphatic carbocycles. The van der Waals surface area contributed by atoms with Crippen molar-refractivity contribution in [3.63, 3.8) is 0 Å².